The van der Waals surface area contributed by atoms with E-state index in [0.717, 1.165) is 24.8 Å². The summed E-state index contributed by atoms with van der Waals surface area (Å²) in [5.41, 5.74) is 6.57. The van der Waals surface area contributed by atoms with Gasteiger partial charge in [0.15, 0.2) is 5.03 Å². The Bertz CT molecular complexity index is 521. The SMILES string of the molecule is Cc1ccnc(S(=O)(=O)N2CCCCC2CN)c1.Cl. The molecule has 0 amide bonds. The van der Waals surface area contributed by atoms with Crippen molar-refractivity contribution in [1.29, 1.82) is 0 Å². The topological polar surface area (TPSA) is 76.3 Å². The fourth-order valence-electron chi connectivity index (χ4n) is 2.30. The molecular weight excluding hydrogens is 286 g/mol. The summed E-state index contributed by atoms with van der Waals surface area (Å²) < 4.78 is 26.5. The molecule has 2 rings (SSSR count). The van der Waals surface area contributed by atoms with Crippen LogP contribution in [0.4, 0.5) is 0 Å². The second-order valence-corrected chi connectivity index (χ2v) is 6.51. The lowest BCUT2D eigenvalue weighted by atomic mass is 10.1. The van der Waals surface area contributed by atoms with E-state index in [9.17, 15) is 8.42 Å². The molecule has 1 aliphatic heterocycles. The predicted molar refractivity (Wildman–Crippen MR) is 76.8 cm³/mol. The number of sulfonamides is 1. The normalized spacial score (nSPS) is 20.8. The van der Waals surface area contributed by atoms with E-state index in [1.54, 1.807) is 12.1 Å². The summed E-state index contributed by atoms with van der Waals surface area (Å²) in [6.45, 7) is 2.77. The number of aromatic nitrogens is 1. The molecule has 1 unspecified atom stereocenters. The summed E-state index contributed by atoms with van der Waals surface area (Å²) >= 11 is 0. The lowest BCUT2D eigenvalue weighted by Crippen LogP contribution is -2.47. The van der Waals surface area contributed by atoms with Crippen LogP contribution < -0.4 is 5.73 Å². The van der Waals surface area contributed by atoms with Crippen molar-refractivity contribution in [2.45, 2.75) is 37.3 Å². The van der Waals surface area contributed by atoms with Crippen LogP contribution in [0, 0.1) is 6.92 Å². The Morgan fingerprint density at radius 1 is 1.47 bits per heavy atom. The third-order valence-electron chi connectivity index (χ3n) is 3.31. The Labute approximate surface area is 120 Å². The van der Waals surface area contributed by atoms with Crippen molar-refractivity contribution in [3.8, 4) is 0 Å². The van der Waals surface area contributed by atoms with Crippen molar-refractivity contribution >= 4 is 22.4 Å². The quantitative estimate of drug-likeness (QED) is 0.913. The maximum atomic E-state index is 12.5. The maximum Gasteiger partial charge on any atom is 0.260 e. The lowest BCUT2D eigenvalue weighted by molar-refractivity contribution is 0.257. The van der Waals surface area contributed by atoms with Crippen LogP contribution in [0.25, 0.3) is 0 Å². The third-order valence-corrected chi connectivity index (χ3v) is 5.16. The van der Waals surface area contributed by atoms with Crippen LogP contribution >= 0.6 is 12.4 Å². The third kappa shape index (κ3) is 3.45. The Morgan fingerprint density at radius 3 is 2.84 bits per heavy atom. The Hall–Kier alpha value is -0.690. The highest BCUT2D eigenvalue weighted by atomic mass is 35.5. The number of halogens is 1. The molecule has 0 aromatic carbocycles. The van der Waals surface area contributed by atoms with Crippen LogP contribution in [0.5, 0.6) is 0 Å². The average molecular weight is 306 g/mol. The first kappa shape index (κ1) is 16.4. The monoisotopic (exact) mass is 305 g/mol. The van der Waals surface area contributed by atoms with Crippen LogP contribution in [-0.4, -0.2) is 36.8 Å². The van der Waals surface area contributed by atoms with E-state index in [0.29, 0.717) is 13.1 Å². The van der Waals surface area contributed by atoms with Crippen molar-refractivity contribution in [1.82, 2.24) is 9.29 Å². The summed E-state index contributed by atoms with van der Waals surface area (Å²) in [6.07, 6.45) is 4.29. The number of aryl methyl sites for hydroxylation is 1. The van der Waals surface area contributed by atoms with E-state index < -0.39 is 10.0 Å². The van der Waals surface area contributed by atoms with Gasteiger partial charge >= 0.3 is 0 Å². The van der Waals surface area contributed by atoms with E-state index in [1.807, 2.05) is 6.92 Å². The number of nitrogens with two attached hydrogens (primary N) is 1. The number of piperidine rings is 1. The molecule has 1 atom stereocenters. The number of pyridine rings is 1. The molecule has 1 fully saturated rings. The molecule has 7 heteroatoms. The molecule has 0 aliphatic carbocycles. The van der Waals surface area contributed by atoms with Crippen molar-refractivity contribution in [3.63, 3.8) is 0 Å². The van der Waals surface area contributed by atoms with E-state index in [2.05, 4.69) is 4.98 Å². The fourth-order valence-corrected chi connectivity index (χ4v) is 4.02. The molecule has 0 bridgehead atoms. The Morgan fingerprint density at radius 2 is 2.21 bits per heavy atom. The molecule has 19 heavy (non-hydrogen) atoms. The molecule has 2 N–H and O–H groups in total. The summed E-state index contributed by atoms with van der Waals surface area (Å²) in [5, 5.41) is 0.128. The highest BCUT2D eigenvalue weighted by Gasteiger charge is 2.33. The van der Waals surface area contributed by atoms with Crippen LogP contribution in [0.15, 0.2) is 23.4 Å². The standard InChI is InChI=1S/C12H19N3O2S.ClH/c1-10-5-6-14-12(8-10)18(16,17)15-7-3-2-4-11(15)9-13;/h5-6,8,11H,2-4,7,9,13H2,1H3;1H. The second kappa shape index (κ2) is 6.65. The first-order valence-electron chi connectivity index (χ1n) is 6.20. The minimum absolute atomic E-state index is 0. The smallest absolute Gasteiger partial charge is 0.260 e. The van der Waals surface area contributed by atoms with Gasteiger partial charge in [0.05, 0.1) is 0 Å². The number of hydrogen-bond acceptors (Lipinski definition) is 4. The fraction of sp³-hybridized carbons (Fsp3) is 0.583. The average Bonchev–Trinajstić information content (AvgIpc) is 2.38. The maximum absolute atomic E-state index is 12.5. The molecule has 5 nitrogen and oxygen atoms in total. The first-order valence-corrected chi connectivity index (χ1v) is 7.64. The lowest BCUT2D eigenvalue weighted by Gasteiger charge is -2.33. The van der Waals surface area contributed by atoms with Crippen LogP contribution in [0.2, 0.25) is 0 Å². The minimum atomic E-state index is -3.50. The van der Waals surface area contributed by atoms with Crippen molar-refractivity contribution in [2.75, 3.05) is 13.1 Å². The van der Waals surface area contributed by atoms with Gasteiger partial charge in [0.2, 0.25) is 0 Å². The van der Waals surface area contributed by atoms with Gasteiger partial charge in [-0.15, -0.1) is 12.4 Å². The number of rotatable bonds is 3. The first-order chi connectivity index (χ1) is 8.55. The zero-order chi connectivity index (χ0) is 13.2. The summed E-state index contributed by atoms with van der Waals surface area (Å²) in [7, 11) is -3.50. The van der Waals surface area contributed by atoms with E-state index in [-0.39, 0.29) is 23.5 Å². The van der Waals surface area contributed by atoms with E-state index in [1.165, 1.54) is 10.5 Å². The molecule has 2 heterocycles. The van der Waals surface area contributed by atoms with Gasteiger partial charge in [-0.3, -0.25) is 0 Å². The summed E-state index contributed by atoms with van der Waals surface area (Å²) in [6, 6.07) is 3.30. The van der Waals surface area contributed by atoms with Crippen molar-refractivity contribution in [3.05, 3.63) is 23.9 Å². The number of hydrogen-bond donors (Lipinski definition) is 1. The number of nitrogens with zero attached hydrogens (tertiary/aromatic N) is 2. The van der Waals surface area contributed by atoms with Gasteiger partial charge in [-0.2, -0.15) is 4.31 Å². The van der Waals surface area contributed by atoms with Gasteiger partial charge in [-0.05, 0) is 37.5 Å². The summed E-state index contributed by atoms with van der Waals surface area (Å²) in [5.74, 6) is 0. The Balaban J connectivity index is 0.00000180. The minimum Gasteiger partial charge on any atom is -0.329 e. The second-order valence-electron chi connectivity index (χ2n) is 4.67. The highest BCUT2D eigenvalue weighted by Crippen LogP contribution is 2.24. The van der Waals surface area contributed by atoms with E-state index >= 15 is 0 Å². The van der Waals surface area contributed by atoms with Crippen LogP contribution in [-0.2, 0) is 10.0 Å². The van der Waals surface area contributed by atoms with Gasteiger partial charge in [-0.1, -0.05) is 6.42 Å². The molecule has 0 radical (unpaired) electrons. The molecular formula is C12H20ClN3O2S. The largest absolute Gasteiger partial charge is 0.329 e. The van der Waals surface area contributed by atoms with Crippen LogP contribution in [0.3, 0.4) is 0 Å². The molecule has 1 aromatic heterocycles. The zero-order valence-electron chi connectivity index (χ0n) is 10.9. The van der Waals surface area contributed by atoms with Gasteiger partial charge < -0.3 is 5.73 Å². The Kier molecular flexibility index (Phi) is 5.73. The van der Waals surface area contributed by atoms with Crippen molar-refractivity contribution in [2.24, 2.45) is 5.73 Å². The van der Waals surface area contributed by atoms with Gasteiger partial charge in [0.25, 0.3) is 10.0 Å². The molecule has 108 valence electrons. The molecule has 0 spiro atoms. The molecule has 1 aromatic rings. The molecule has 0 saturated carbocycles. The van der Waals surface area contributed by atoms with E-state index in [4.69, 9.17) is 5.73 Å². The van der Waals surface area contributed by atoms with Crippen molar-refractivity contribution < 1.29 is 8.42 Å². The van der Waals surface area contributed by atoms with Gasteiger partial charge in [-0.25, -0.2) is 13.4 Å². The zero-order valence-corrected chi connectivity index (χ0v) is 12.6. The summed E-state index contributed by atoms with van der Waals surface area (Å²) in [4.78, 5) is 3.98. The predicted octanol–water partition coefficient (Wildman–Crippen LogP) is 1.31. The van der Waals surface area contributed by atoms with Crippen LogP contribution in [0.1, 0.15) is 24.8 Å². The highest BCUT2D eigenvalue weighted by molar-refractivity contribution is 7.89. The molecule has 1 aliphatic rings. The van der Waals surface area contributed by atoms with Gasteiger partial charge in [0.1, 0.15) is 0 Å². The van der Waals surface area contributed by atoms with Gasteiger partial charge in [0, 0.05) is 25.3 Å². The molecule has 1 saturated heterocycles.